The summed E-state index contributed by atoms with van der Waals surface area (Å²) >= 11 is 1.51. The first kappa shape index (κ1) is 21.8. The number of ether oxygens (including phenoxy) is 1. The normalized spacial score (nSPS) is 10.8. The van der Waals surface area contributed by atoms with Gasteiger partial charge in [-0.1, -0.05) is 29.8 Å². The third-order valence-electron chi connectivity index (χ3n) is 4.86. The number of carbonyl (C=O) groups excluding carboxylic acids is 1. The molecule has 0 saturated heterocycles. The number of thiazole rings is 1. The Morgan fingerprint density at radius 1 is 1.09 bits per heavy atom. The van der Waals surface area contributed by atoms with E-state index in [2.05, 4.69) is 15.3 Å². The summed E-state index contributed by atoms with van der Waals surface area (Å²) in [6.45, 7) is 5.08. The summed E-state index contributed by atoms with van der Waals surface area (Å²) in [7, 11) is 0. The van der Waals surface area contributed by atoms with Crippen molar-refractivity contribution >= 4 is 17.2 Å². The summed E-state index contributed by atoms with van der Waals surface area (Å²) in [5.74, 6) is 1.33. The highest BCUT2D eigenvalue weighted by Crippen LogP contribution is 2.32. The van der Waals surface area contributed by atoms with Crippen LogP contribution in [0.5, 0.6) is 5.75 Å². The fourth-order valence-corrected chi connectivity index (χ4v) is 4.09. The molecule has 0 fully saturated rings. The smallest absolute Gasteiger partial charge is 0.226 e. The fraction of sp³-hybridized carbons (Fsp3) is 0.240. The Kier molecular flexibility index (Phi) is 6.97. The molecule has 0 bridgehead atoms. The molecule has 1 amide bonds. The van der Waals surface area contributed by atoms with Crippen molar-refractivity contribution in [3.63, 3.8) is 0 Å². The van der Waals surface area contributed by atoms with E-state index in [9.17, 15) is 4.79 Å². The van der Waals surface area contributed by atoms with Crippen LogP contribution in [-0.2, 0) is 17.6 Å². The number of hydrogen-bond acceptors (Lipinski definition) is 6. The maximum Gasteiger partial charge on any atom is 0.226 e. The first-order chi connectivity index (χ1) is 15.6. The Balaban J connectivity index is 1.29. The predicted molar refractivity (Wildman–Crippen MR) is 126 cm³/mol. The van der Waals surface area contributed by atoms with Gasteiger partial charge < -0.3 is 14.5 Å². The highest BCUT2D eigenvalue weighted by atomic mass is 32.1. The van der Waals surface area contributed by atoms with Gasteiger partial charge in [-0.25, -0.2) is 9.97 Å². The van der Waals surface area contributed by atoms with E-state index in [1.165, 1.54) is 16.9 Å². The van der Waals surface area contributed by atoms with E-state index in [-0.39, 0.29) is 12.3 Å². The molecule has 4 rings (SSSR count). The monoisotopic (exact) mass is 447 g/mol. The van der Waals surface area contributed by atoms with Gasteiger partial charge in [-0.05, 0) is 38.1 Å². The Labute approximate surface area is 191 Å². The summed E-state index contributed by atoms with van der Waals surface area (Å²) in [5, 5.41) is 5.71. The zero-order valence-corrected chi connectivity index (χ0v) is 18.9. The molecule has 0 radical (unpaired) electrons. The molecule has 4 aromatic rings. The number of benzene rings is 2. The van der Waals surface area contributed by atoms with Gasteiger partial charge in [0.15, 0.2) is 0 Å². The minimum Gasteiger partial charge on any atom is -0.493 e. The molecule has 0 atom stereocenters. The van der Waals surface area contributed by atoms with Crippen LogP contribution in [0.25, 0.3) is 22.0 Å². The van der Waals surface area contributed by atoms with Crippen molar-refractivity contribution in [2.75, 3.05) is 13.2 Å². The van der Waals surface area contributed by atoms with Crippen LogP contribution in [0.15, 0.2) is 64.6 Å². The molecule has 0 aliphatic carbocycles. The minimum atomic E-state index is -0.0674. The first-order valence-electron chi connectivity index (χ1n) is 10.6. The lowest BCUT2D eigenvalue weighted by atomic mass is 10.1. The fourth-order valence-electron chi connectivity index (χ4n) is 3.24. The molecule has 0 saturated carbocycles. The maximum atomic E-state index is 12.4. The van der Waals surface area contributed by atoms with Crippen LogP contribution in [0.3, 0.4) is 0 Å². The van der Waals surface area contributed by atoms with Crippen LogP contribution in [-0.4, -0.2) is 29.0 Å². The number of aromatic nitrogens is 2. The van der Waals surface area contributed by atoms with Crippen molar-refractivity contribution in [1.82, 2.24) is 15.3 Å². The summed E-state index contributed by atoms with van der Waals surface area (Å²) in [5.41, 5.74) is 4.63. The van der Waals surface area contributed by atoms with Gasteiger partial charge in [0, 0.05) is 23.9 Å². The van der Waals surface area contributed by atoms with Crippen LogP contribution in [0.2, 0.25) is 0 Å². The van der Waals surface area contributed by atoms with Crippen LogP contribution < -0.4 is 10.1 Å². The Morgan fingerprint density at radius 2 is 1.91 bits per heavy atom. The number of rotatable bonds is 9. The summed E-state index contributed by atoms with van der Waals surface area (Å²) in [6.07, 6.45) is 2.48. The Hall–Kier alpha value is -3.45. The number of oxazole rings is 1. The molecule has 0 aliphatic heterocycles. The van der Waals surface area contributed by atoms with E-state index < -0.39 is 0 Å². The molecule has 7 heteroatoms. The lowest BCUT2D eigenvalue weighted by molar-refractivity contribution is -0.120. The zero-order valence-electron chi connectivity index (χ0n) is 18.1. The summed E-state index contributed by atoms with van der Waals surface area (Å²) in [4.78, 5) is 21.5. The second-order valence-electron chi connectivity index (χ2n) is 7.36. The highest BCUT2D eigenvalue weighted by Gasteiger charge is 2.13. The van der Waals surface area contributed by atoms with Crippen LogP contribution >= 0.6 is 11.3 Å². The van der Waals surface area contributed by atoms with Crippen LogP contribution in [0.4, 0.5) is 0 Å². The van der Waals surface area contributed by atoms with Gasteiger partial charge in [0.25, 0.3) is 0 Å². The molecule has 2 aromatic carbocycles. The quantitative estimate of drug-likeness (QED) is 0.387. The predicted octanol–water partition coefficient (Wildman–Crippen LogP) is 5.07. The minimum absolute atomic E-state index is 0.0674. The van der Waals surface area contributed by atoms with Gasteiger partial charge in [-0.15, -0.1) is 11.3 Å². The van der Waals surface area contributed by atoms with Crippen molar-refractivity contribution in [2.45, 2.75) is 26.7 Å². The number of aryl methyl sites for hydroxylation is 1. The second kappa shape index (κ2) is 10.2. The van der Waals surface area contributed by atoms with Crippen molar-refractivity contribution in [2.24, 2.45) is 0 Å². The molecule has 0 spiro atoms. The number of amides is 1. The van der Waals surface area contributed by atoms with Crippen molar-refractivity contribution in [1.29, 1.82) is 0 Å². The van der Waals surface area contributed by atoms with Gasteiger partial charge >= 0.3 is 0 Å². The zero-order chi connectivity index (χ0) is 22.3. The largest absolute Gasteiger partial charge is 0.493 e. The molecule has 2 aromatic heterocycles. The standard InChI is InChI=1S/C25H25N3O3S/c1-3-30-22-7-5-4-6-21(22)25-28-20(16-32-25)14-23(29)26-13-12-19-15-31-24(27-19)18-10-8-17(2)9-11-18/h4-11,15-16H,3,12-14H2,1-2H3,(H,26,29). The number of nitrogens with one attached hydrogen (secondary N) is 1. The number of carbonyl (C=O) groups is 1. The molecule has 32 heavy (non-hydrogen) atoms. The van der Waals surface area contributed by atoms with Gasteiger partial charge in [0.2, 0.25) is 11.8 Å². The second-order valence-corrected chi connectivity index (χ2v) is 8.22. The Bertz CT molecular complexity index is 1180. The SMILES string of the molecule is CCOc1ccccc1-c1nc(CC(=O)NCCc2coc(-c3ccc(C)cc3)n2)cs1. The van der Waals surface area contributed by atoms with Crippen molar-refractivity contribution in [3.8, 4) is 27.8 Å². The van der Waals surface area contributed by atoms with Gasteiger partial charge in [-0.2, -0.15) is 0 Å². The molecule has 164 valence electrons. The third kappa shape index (κ3) is 5.42. The molecule has 1 N–H and O–H groups in total. The van der Waals surface area contributed by atoms with Gasteiger partial charge in [0.05, 0.1) is 30.0 Å². The molecular formula is C25H25N3O3S. The molecule has 6 nitrogen and oxygen atoms in total. The summed E-state index contributed by atoms with van der Waals surface area (Å²) < 4.78 is 11.3. The number of para-hydroxylation sites is 1. The lowest BCUT2D eigenvalue weighted by Gasteiger charge is -2.07. The van der Waals surface area contributed by atoms with Gasteiger partial charge in [-0.3, -0.25) is 4.79 Å². The topological polar surface area (TPSA) is 77.2 Å². The van der Waals surface area contributed by atoms with Crippen LogP contribution in [0.1, 0.15) is 23.9 Å². The molecule has 0 unspecified atom stereocenters. The average Bonchev–Trinajstić information content (AvgIpc) is 3.45. The van der Waals surface area contributed by atoms with E-state index in [0.29, 0.717) is 25.5 Å². The average molecular weight is 448 g/mol. The van der Waals surface area contributed by atoms with Crippen molar-refractivity contribution in [3.05, 3.63) is 77.1 Å². The lowest BCUT2D eigenvalue weighted by Crippen LogP contribution is -2.27. The summed E-state index contributed by atoms with van der Waals surface area (Å²) in [6, 6.07) is 15.8. The Morgan fingerprint density at radius 3 is 2.72 bits per heavy atom. The third-order valence-corrected chi connectivity index (χ3v) is 5.79. The van der Waals surface area contributed by atoms with E-state index in [1.54, 1.807) is 6.26 Å². The first-order valence-corrected chi connectivity index (χ1v) is 11.4. The highest BCUT2D eigenvalue weighted by molar-refractivity contribution is 7.13. The number of nitrogens with zero attached hydrogens (tertiary/aromatic N) is 2. The molecule has 2 heterocycles. The van der Waals surface area contributed by atoms with E-state index in [4.69, 9.17) is 9.15 Å². The molecule has 0 aliphatic rings. The van der Waals surface area contributed by atoms with E-state index >= 15 is 0 Å². The van der Waals surface area contributed by atoms with Crippen molar-refractivity contribution < 1.29 is 13.9 Å². The number of hydrogen-bond donors (Lipinski definition) is 1. The van der Waals surface area contributed by atoms with Crippen LogP contribution in [0, 0.1) is 6.92 Å². The maximum absolute atomic E-state index is 12.4. The van der Waals surface area contributed by atoms with Gasteiger partial charge in [0.1, 0.15) is 17.0 Å². The molecular weight excluding hydrogens is 422 g/mol. The van der Waals surface area contributed by atoms with E-state index in [1.807, 2.05) is 67.8 Å². The van der Waals surface area contributed by atoms with E-state index in [0.717, 1.165) is 33.3 Å².